The first-order chi connectivity index (χ1) is 7.20. The Morgan fingerprint density at radius 3 is 2.33 bits per heavy atom. The maximum absolute atomic E-state index is 3.89. The molecule has 0 saturated heterocycles. The van der Waals surface area contributed by atoms with Crippen LogP contribution in [0.15, 0.2) is 35.3 Å². The summed E-state index contributed by atoms with van der Waals surface area (Å²) in [5.41, 5.74) is 1.41. The molecule has 2 heteroatoms. The smallest absolute Gasteiger partial charge is 0.0438 e. The Bertz CT molecular complexity index is 249. The highest BCUT2D eigenvalue weighted by Gasteiger charge is 2.26. The Hall–Kier alpha value is -0.0800. The van der Waals surface area contributed by atoms with Crippen LogP contribution in [0.4, 0.5) is 0 Å². The average molecular weight is 242 g/mol. The van der Waals surface area contributed by atoms with Gasteiger partial charge in [-0.25, -0.2) is 0 Å². The zero-order chi connectivity index (χ0) is 11.8. The first-order valence-electron chi connectivity index (χ1n) is 5.53. The fourth-order valence-electron chi connectivity index (χ4n) is 1.31. The maximum atomic E-state index is 3.89. The summed E-state index contributed by atoms with van der Waals surface area (Å²) in [6.07, 6.45) is 6.28. The molecule has 0 aromatic carbocycles. The van der Waals surface area contributed by atoms with Gasteiger partial charge in [-0.1, -0.05) is 74.1 Å². The Morgan fingerprint density at radius 1 is 1.33 bits per heavy atom. The summed E-state index contributed by atoms with van der Waals surface area (Å²) in [6.45, 7) is 14.5. The van der Waals surface area contributed by atoms with E-state index in [2.05, 4.69) is 39.5 Å². The molecule has 15 heavy (non-hydrogen) atoms. The van der Waals surface area contributed by atoms with E-state index in [1.165, 1.54) is 10.5 Å². The molecule has 1 heterocycles. The van der Waals surface area contributed by atoms with Crippen molar-refractivity contribution in [1.29, 1.82) is 0 Å². The van der Waals surface area contributed by atoms with Gasteiger partial charge in [0.05, 0.1) is 0 Å². The fourth-order valence-corrected chi connectivity index (χ4v) is 4.69. The normalized spacial score (nSPS) is 20.8. The molecule has 0 N–H and O–H groups in total. The minimum Gasteiger partial charge on any atom is -0.0987 e. The van der Waals surface area contributed by atoms with Crippen LogP contribution in [-0.4, -0.2) is 5.25 Å². The van der Waals surface area contributed by atoms with Gasteiger partial charge in [-0.3, -0.25) is 0 Å². The van der Waals surface area contributed by atoms with E-state index in [1.54, 1.807) is 0 Å². The van der Waals surface area contributed by atoms with Crippen molar-refractivity contribution >= 4 is 21.6 Å². The summed E-state index contributed by atoms with van der Waals surface area (Å²) in [6, 6.07) is 0. The lowest BCUT2D eigenvalue weighted by Crippen LogP contribution is -2.09. The van der Waals surface area contributed by atoms with Gasteiger partial charge in [0.1, 0.15) is 0 Å². The van der Waals surface area contributed by atoms with Gasteiger partial charge in [-0.15, -0.1) is 0 Å². The minimum atomic E-state index is 0.619. The largest absolute Gasteiger partial charge is 0.0987 e. The van der Waals surface area contributed by atoms with Gasteiger partial charge in [0.2, 0.25) is 0 Å². The summed E-state index contributed by atoms with van der Waals surface area (Å²) < 4.78 is 0. The molecule has 1 rings (SSSR count). The van der Waals surface area contributed by atoms with Gasteiger partial charge < -0.3 is 0 Å². The lowest BCUT2D eigenvalue weighted by atomic mass is 10.0. The predicted molar refractivity (Wildman–Crippen MR) is 77.2 cm³/mol. The minimum absolute atomic E-state index is 0.619. The van der Waals surface area contributed by atoms with Gasteiger partial charge in [0, 0.05) is 10.2 Å². The number of allylic oxidation sites excluding steroid dienone is 3. The zero-order valence-electron chi connectivity index (χ0n) is 10.4. The maximum Gasteiger partial charge on any atom is 0.0438 e. The molecule has 0 aliphatic carbocycles. The molecule has 0 bridgehead atoms. The van der Waals surface area contributed by atoms with Crippen LogP contribution in [0.3, 0.4) is 0 Å². The molecule has 0 saturated carbocycles. The van der Waals surface area contributed by atoms with Crippen molar-refractivity contribution < 1.29 is 0 Å². The average Bonchev–Trinajstić information content (AvgIpc) is 2.64. The van der Waals surface area contributed by atoms with Crippen LogP contribution in [0.1, 0.15) is 34.6 Å². The van der Waals surface area contributed by atoms with Crippen molar-refractivity contribution in [2.24, 2.45) is 5.92 Å². The summed E-state index contributed by atoms with van der Waals surface area (Å²) in [7, 11) is 3.83. The van der Waals surface area contributed by atoms with Crippen molar-refractivity contribution in [2.45, 2.75) is 39.9 Å². The highest BCUT2D eigenvalue weighted by atomic mass is 33.1. The van der Waals surface area contributed by atoms with Crippen LogP contribution in [0, 0.1) is 5.92 Å². The molecule has 1 atom stereocenters. The van der Waals surface area contributed by atoms with Crippen LogP contribution in [0.5, 0.6) is 0 Å². The van der Waals surface area contributed by atoms with Crippen molar-refractivity contribution in [3.63, 3.8) is 0 Å². The third-order valence-electron chi connectivity index (χ3n) is 1.98. The molecule has 1 aliphatic rings. The summed E-state index contributed by atoms with van der Waals surface area (Å²) in [5, 5.41) is 0.619. The van der Waals surface area contributed by atoms with E-state index in [9.17, 15) is 0 Å². The molecule has 86 valence electrons. The lowest BCUT2D eigenvalue weighted by Gasteiger charge is -2.14. The van der Waals surface area contributed by atoms with E-state index < -0.39 is 0 Å². The van der Waals surface area contributed by atoms with Crippen LogP contribution < -0.4 is 0 Å². The summed E-state index contributed by atoms with van der Waals surface area (Å²) in [4.78, 5) is 1.38. The van der Waals surface area contributed by atoms with Crippen molar-refractivity contribution in [2.75, 3.05) is 0 Å². The number of hydrogen-bond acceptors (Lipinski definition) is 2. The molecule has 0 radical (unpaired) electrons. The number of hydrogen-bond donors (Lipinski definition) is 0. The van der Waals surface area contributed by atoms with Crippen LogP contribution in [0.25, 0.3) is 0 Å². The third-order valence-corrected chi connectivity index (χ3v) is 5.08. The van der Waals surface area contributed by atoms with Gasteiger partial charge in [-0.2, -0.15) is 0 Å². The first kappa shape index (κ1) is 14.9. The Morgan fingerprint density at radius 2 is 1.93 bits per heavy atom. The van der Waals surface area contributed by atoms with E-state index in [0.29, 0.717) is 11.2 Å². The molecule has 0 aromatic heterocycles. The molecular weight excluding hydrogens is 220 g/mol. The lowest BCUT2D eigenvalue weighted by molar-refractivity contribution is 0.668. The van der Waals surface area contributed by atoms with E-state index in [4.69, 9.17) is 0 Å². The highest BCUT2D eigenvalue weighted by molar-refractivity contribution is 8.79. The quantitative estimate of drug-likeness (QED) is 0.604. The van der Waals surface area contributed by atoms with E-state index >= 15 is 0 Å². The van der Waals surface area contributed by atoms with Crippen molar-refractivity contribution in [3.8, 4) is 0 Å². The molecule has 0 amide bonds. The van der Waals surface area contributed by atoms with Crippen LogP contribution in [-0.2, 0) is 0 Å². The monoisotopic (exact) mass is 242 g/mol. The Kier molecular flexibility index (Phi) is 8.07. The van der Waals surface area contributed by atoms with Crippen molar-refractivity contribution in [1.82, 2.24) is 0 Å². The highest BCUT2D eigenvalue weighted by Crippen LogP contribution is 2.50. The molecular formula is C13H22S2. The Balaban J connectivity index is 0.000000921. The third kappa shape index (κ3) is 4.12. The molecule has 0 spiro atoms. The van der Waals surface area contributed by atoms with E-state index in [0.717, 1.165) is 0 Å². The van der Waals surface area contributed by atoms with E-state index in [-0.39, 0.29) is 0 Å². The summed E-state index contributed by atoms with van der Waals surface area (Å²) in [5.74, 6) is 0.688. The van der Waals surface area contributed by atoms with Gasteiger partial charge in [-0.05, 0) is 18.4 Å². The SMILES string of the molecule is C=CC1=C(/C=C\C)SSC1C(C)C.CC. The molecule has 0 nitrogen and oxygen atoms in total. The summed E-state index contributed by atoms with van der Waals surface area (Å²) >= 11 is 0. The molecule has 1 aliphatic heterocycles. The molecule has 1 unspecified atom stereocenters. The zero-order valence-corrected chi connectivity index (χ0v) is 12.0. The standard InChI is InChI=1S/C11H16S2.C2H6/c1-5-7-10-9(6-2)11(8(3)4)13-12-10;1-2/h5-8,11H,2H2,1,3-4H3;1-2H3/b7-5-;. The predicted octanol–water partition coefficient (Wildman–Crippen LogP) is 5.45. The molecule has 0 aromatic rings. The van der Waals surface area contributed by atoms with Crippen LogP contribution in [0.2, 0.25) is 0 Å². The second-order valence-electron chi connectivity index (χ2n) is 3.37. The fraction of sp³-hybridized carbons (Fsp3) is 0.538. The second-order valence-corrected chi connectivity index (χ2v) is 5.75. The molecule has 0 fully saturated rings. The number of rotatable bonds is 3. The Labute approximate surface area is 103 Å². The van der Waals surface area contributed by atoms with Gasteiger partial charge in [0.25, 0.3) is 0 Å². The van der Waals surface area contributed by atoms with Gasteiger partial charge >= 0.3 is 0 Å². The van der Waals surface area contributed by atoms with E-state index in [1.807, 2.05) is 41.5 Å². The van der Waals surface area contributed by atoms with Gasteiger partial charge in [0.15, 0.2) is 0 Å². The van der Waals surface area contributed by atoms with Crippen LogP contribution >= 0.6 is 21.6 Å². The van der Waals surface area contributed by atoms with Crippen molar-refractivity contribution in [3.05, 3.63) is 35.3 Å². The topological polar surface area (TPSA) is 0 Å². The first-order valence-corrected chi connectivity index (χ1v) is 7.74. The second kappa shape index (κ2) is 8.12.